The van der Waals surface area contributed by atoms with Gasteiger partial charge in [0.05, 0.1) is 5.01 Å². The molecule has 0 aliphatic heterocycles. The standard InChI is InChI=1S/C9H15N3OS.2ClH/c1-7(10)6-8(13)11-3-2-9-12-4-5-14-9;;/h4-5,7H,2-3,6,10H2,1H3,(H,11,13);2*1H. The minimum atomic E-state index is -0.0742. The molecular weight excluding hydrogens is 269 g/mol. The van der Waals surface area contributed by atoms with Gasteiger partial charge in [0.1, 0.15) is 0 Å². The van der Waals surface area contributed by atoms with Gasteiger partial charge >= 0.3 is 0 Å². The summed E-state index contributed by atoms with van der Waals surface area (Å²) in [5.74, 6) is 0.0107. The molecule has 7 heteroatoms. The highest BCUT2D eigenvalue weighted by atomic mass is 35.5. The topological polar surface area (TPSA) is 68.0 Å². The lowest BCUT2D eigenvalue weighted by Crippen LogP contribution is -2.31. The number of halogens is 2. The number of aromatic nitrogens is 1. The minimum Gasteiger partial charge on any atom is -0.356 e. The Balaban J connectivity index is 0. The summed E-state index contributed by atoms with van der Waals surface area (Å²) >= 11 is 1.60. The molecule has 4 nitrogen and oxygen atoms in total. The van der Waals surface area contributed by atoms with Crippen LogP contribution in [0.5, 0.6) is 0 Å². The second-order valence-electron chi connectivity index (χ2n) is 3.21. The maximum atomic E-state index is 11.2. The minimum absolute atomic E-state index is 0. The van der Waals surface area contributed by atoms with Gasteiger partial charge in [-0.15, -0.1) is 36.2 Å². The normalized spacial score (nSPS) is 10.9. The lowest BCUT2D eigenvalue weighted by Gasteiger charge is -2.05. The van der Waals surface area contributed by atoms with Gasteiger partial charge in [-0.25, -0.2) is 4.98 Å². The van der Waals surface area contributed by atoms with Gasteiger partial charge in [-0.05, 0) is 6.92 Å². The van der Waals surface area contributed by atoms with Gasteiger partial charge in [-0.1, -0.05) is 0 Å². The molecule has 3 N–H and O–H groups in total. The van der Waals surface area contributed by atoms with Crippen LogP contribution in [0.2, 0.25) is 0 Å². The Morgan fingerprint density at radius 2 is 2.31 bits per heavy atom. The fourth-order valence-electron chi connectivity index (χ4n) is 1.05. The van der Waals surface area contributed by atoms with Crippen molar-refractivity contribution >= 4 is 42.1 Å². The van der Waals surface area contributed by atoms with E-state index in [1.54, 1.807) is 17.5 Å². The number of hydrogen-bond donors (Lipinski definition) is 2. The number of carbonyl (C=O) groups excluding carboxylic acids is 1. The third-order valence-corrected chi connectivity index (χ3v) is 2.49. The van der Waals surface area contributed by atoms with Crippen LogP contribution in [0.1, 0.15) is 18.4 Å². The summed E-state index contributed by atoms with van der Waals surface area (Å²) in [6.07, 6.45) is 2.95. The van der Waals surface area contributed by atoms with E-state index in [9.17, 15) is 4.79 Å². The molecule has 1 amide bonds. The molecule has 1 unspecified atom stereocenters. The van der Waals surface area contributed by atoms with E-state index in [0.29, 0.717) is 13.0 Å². The Morgan fingerprint density at radius 1 is 1.62 bits per heavy atom. The molecule has 1 heterocycles. The molecule has 1 aromatic rings. The van der Waals surface area contributed by atoms with E-state index >= 15 is 0 Å². The van der Waals surface area contributed by atoms with E-state index in [-0.39, 0.29) is 36.8 Å². The summed E-state index contributed by atoms with van der Waals surface area (Å²) in [5, 5.41) is 5.78. The predicted molar refractivity (Wildman–Crippen MR) is 71.6 cm³/mol. The second-order valence-corrected chi connectivity index (χ2v) is 4.19. The third kappa shape index (κ3) is 7.87. The first-order chi connectivity index (χ1) is 6.68. The summed E-state index contributed by atoms with van der Waals surface area (Å²) < 4.78 is 0. The predicted octanol–water partition coefficient (Wildman–Crippen LogP) is 1.38. The first-order valence-electron chi connectivity index (χ1n) is 4.59. The Hall–Kier alpha value is -0.360. The van der Waals surface area contributed by atoms with E-state index in [4.69, 9.17) is 5.73 Å². The van der Waals surface area contributed by atoms with Crippen molar-refractivity contribution in [1.82, 2.24) is 10.3 Å². The van der Waals surface area contributed by atoms with Gasteiger partial charge in [-0.3, -0.25) is 4.79 Å². The van der Waals surface area contributed by atoms with Crippen molar-refractivity contribution in [3.63, 3.8) is 0 Å². The number of carbonyl (C=O) groups is 1. The van der Waals surface area contributed by atoms with Crippen LogP contribution in [-0.4, -0.2) is 23.5 Å². The fourth-order valence-corrected chi connectivity index (χ4v) is 1.67. The first kappa shape index (κ1) is 18.0. The van der Waals surface area contributed by atoms with Crippen molar-refractivity contribution in [3.8, 4) is 0 Å². The van der Waals surface area contributed by atoms with E-state index in [1.165, 1.54) is 0 Å². The maximum absolute atomic E-state index is 11.2. The van der Waals surface area contributed by atoms with Crippen LogP contribution in [-0.2, 0) is 11.2 Å². The van der Waals surface area contributed by atoms with Crippen LogP contribution in [0.15, 0.2) is 11.6 Å². The van der Waals surface area contributed by atoms with Crippen LogP contribution in [0, 0.1) is 0 Å². The molecule has 0 aromatic carbocycles. The number of nitrogens with one attached hydrogen (secondary N) is 1. The van der Waals surface area contributed by atoms with Gasteiger partial charge in [0, 0.05) is 37.0 Å². The molecule has 94 valence electrons. The number of hydrogen-bond acceptors (Lipinski definition) is 4. The van der Waals surface area contributed by atoms with Crippen LogP contribution in [0.3, 0.4) is 0 Å². The van der Waals surface area contributed by atoms with Crippen molar-refractivity contribution < 1.29 is 4.79 Å². The first-order valence-corrected chi connectivity index (χ1v) is 5.47. The average molecular weight is 286 g/mol. The van der Waals surface area contributed by atoms with Crippen molar-refractivity contribution in [1.29, 1.82) is 0 Å². The van der Waals surface area contributed by atoms with E-state index < -0.39 is 0 Å². The molecule has 0 radical (unpaired) electrons. The number of nitrogens with two attached hydrogens (primary N) is 1. The van der Waals surface area contributed by atoms with Crippen LogP contribution in [0.4, 0.5) is 0 Å². The Labute approximate surface area is 112 Å². The number of amides is 1. The lowest BCUT2D eigenvalue weighted by atomic mass is 10.2. The third-order valence-electron chi connectivity index (χ3n) is 1.65. The average Bonchev–Trinajstić information content (AvgIpc) is 2.55. The van der Waals surface area contributed by atoms with Gasteiger partial charge < -0.3 is 11.1 Å². The van der Waals surface area contributed by atoms with Crippen LogP contribution < -0.4 is 11.1 Å². The zero-order valence-electron chi connectivity index (χ0n) is 9.01. The van der Waals surface area contributed by atoms with Crippen molar-refractivity contribution in [2.24, 2.45) is 5.73 Å². The van der Waals surface area contributed by atoms with Gasteiger partial charge in [0.25, 0.3) is 0 Å². The maximum Gasteiger partial charge on any atom is 0.221 e. The molecule has 0 spiro atoms. The quantitative estimate of drug-likeness (QED) is 0.859. The molecule has 16 heavy (non-hydrogen) atoms. The molecule has 1 atom stereocenters. The monoisotopic (exact) mass is 285 g/mol. The molecule has 0 saturated heterocycles. The molecule has 0 fully saturated rings. The Kier molecular flexibility index (Phi) is 11.1. The Morgan fingerprint density at radius 3 is 2.81 bits per heavy atom. The molecule has 0 saturated carbocycles. The van der Waals surface area contributed by atoms with E-state index in [2.05, 4.69) is 10.3 Å². The fraction of sp³-hybridized carbons (Fsp3) is 0.556. The second kappa shape index (κ2) is 9.84. The molecule has 0 aliphatic rings. The summed E-state index contributed by atoms with van der Waals surface area (Å²) in [6, 6.07) is -0.0742. The van der Waals surface area contributed by atoms with Gasteiger partial charge in [0.2, 0.25) is 5.91 Å². The summed E-state index contributed by atoms with van der Waals surface area (Å²) in [6.45, 7) is 2.46. The molecule has 1 rings (SSSR count). The molecule has 1 aromatic heterocycles. The summed E-state index contributed by atoms with van der Waals surface area (Å²) in [4.78, 5) is 15.3. The van der Waals surface area contributed by atoms with Crippen LogP contribution >= 0.6 is 36.2 Å². The highest BCUT2D eigenvalue weighted by molar-refractivity contribution is 7.09. The smallest absolute Gasteiger partial charge is 0.221 e. The van der Waals surface area contributed by atoms with Crippen LogP contribution in [0.25, 0.3) is 0 Å². The van der Waals surface area contributed by atoms with Crippen molar-refractivity contribution in [2.45, 2.75) is 25.8 Å². The number of nitrogens with zero attached hydrogens (tertiary/aromatic N) is 1. The zero-order valence-corrected chi connectivity index (χ0v) is 11.5. The SMILES string of the molecule is CC(N)CC(=O)NCCc1nccs1.Cl.Cl. The molecule has 0 aliphatic carbocycles. The van der Waals surface area contributed by atoms with Gasteiger partial charge in [-0.2, -0.15) is 0 Å². The lowest BCUT2D eigenvalue weighted by molar-refractivity contribution is -0.121. The van der Waals surface area contributed by atoms with E-state index in [1.807, 2.05) is 12.3 Å². The zero-order chi connectivity index (χ0) is 10.4. The van der Waals surface area contributed by atoms with Crippen molar-refractivity contribution in [2.75, 3.05) is 6.54 Å². The number of thiazole rings is 1. The van der Waals surface area contributed by atoms with Gasteiger partial charge in [0.15, 0.2) is 0 Å². The molecule has 0 bridgehead atoms. The summed E-state index contributed by atoms with van der Waals surface area (Å²) in [5.41, 5.74) is 5.49. The number of rotatable bonds is 5. The Bertz CT molecular complexity index is 280. The molecular formula is C9H17Cl2N3OS. The summed E-state index contributed by atoms with van der Waals surface area (Å²) in [7, 11) is 0. The largest absolute Gasteiger partial charge is 0.356 e. The highest BCUT2D eigenvalue weighted by Crippen LogP contribution is 2.03. The van der Waals surface area contributed by atoms with E-state index in [0.717, 1.165) is 11.4 Å². The van der Waals surface area contributed by atoms with Crippen molar-refractivity contribution in [3.05, 3.63) is 16.6 Å². The highest BCUT2D eigenvalue weighted by Gasteiger charge is 2.04.